The van der Waals surface area contributed by atoms with E-state index in [4.69, 9.17) is 5.73 Å². The number of hydrogen-bond donors (Lipinski definition) is 1. The summed E-state index contributed by atoms with van der Waals surface area (Å²) in [6.45, 7) is 1.42. The molecule has 0 heterocycles. The summed E-state index contributed by atoms with van der Waals surface area (Å²) in [5, 5.41) is 0. The fourth-order valence-electron chi connectivity index (χ4n) is 0.268. The number of rotatable bonds is 2. The summed E-state index contributed by atoms with van der Waals surface area (Å²) >= 11 is 0. The molecule has 0 atom stereocenters. The molecule has 0 saturated heterocycles. The molecule has 0 rings (SSSR count). The van der Waals surface area contributed by atoms with Gasteiger partial charge in [-0.1, -0.05) is 0 Å². The Labute approximate surface area is 57.1 Å². The second-order valence-corrected chi connectivity index (χ2v) is 2.51. The van der Waals surface area contributed by atoms with Crippen LogP contribution in [0.1, 0.15) is 13.8 Å². The Bertz CT molecular complexity index is 90.4. The topological polar surface area (TPSA) is 35.2 Å². The van der Waals surface area contributed by atoms with Crippen molar-refractivity contribution >= 4 is 0 Å². The Morgan fingerprint density at radius 2 is 1.70 bits per heavy atom. The largest absolute Gasteiger partial charge is 0.411 e. The van der Waals surface area contributed by atoms with Gasteiger partial charge in [0.15, 0.2) is 0 Å². The Kier molecular flexibility index (Phi) is 2.67. The Morgan fingerprint density at radius 1 is 1.30 bits per heavy atom. The second kappa shape index (κ2) is 2.75. The fourth-order valence-corrected chi connectivity index (χ4v) is 0.268. The standard InChI is InChI=1S/C5H10F3NO/c1-4(2,9)10-3-5(6,7)8/h3,9H2,1-2H3. The van der Waals surface area contributed by atoms with Crippen molar-refractivity contribution in [2.45, 2.75) is 25.7 Å². The van der Waals surface area contributed by atoms with Crippen molar-refractivity contribution in [2.75, 3.05) is 6.61 Å². The molecule has 0 radical (unpaired) electrons. The molecule has 0 aromatic carbocycles. The zero-order valence-electron chi connectivity index (χ0n) is 5.83. The number of ether oxygens (including phenoxy) is 1. The van der Waals surface area contributed by atoms with Gasteiger partial charge >= 0.3 is 6.18 Å². The molecule has 2 N–H and O–H groups in total. The summed E-state index contributed by atoms with van der Waals surface area (Å²) in [5.74, 6) is 0. The van der Waals surface area contributed by atoms with E-state index in [-0.39, 0.29) is 0 Å². The van der Waals surface area contributed by atoms with Gasteiger partial charge in [-0.05, 0) is 13.8 Å². The number of hydrogen-bond acceptors (Lipinski definition) is 2. The third kappa shape index (κ3) is 7.71. The smallest absolute Gasteiger partial charge is 0.352 e. The van der Waals surface area contributed by atoms with E-state index in [2.05, 4.69) is 4.74 Å². The van der Waals surface area contributed by atoms with Crippen molar-refractivity contribution in [1.82, 2.24) is 0 Å². The molecule has 62 valence electrons. The van der Waals surface area contributed by atoms with Crippen molar-refractivity contribution < 1.29 is 17.9 Å². The van der Waals surface area contributed by atoms with E-state index in [1.807, 2.05) is 0 Å². The molecule has 0 amide bonds. The van der Waals surface area contributed by atoms with Crippen LogP contribution in [-0.2, 0) is 4.74 Å². The quantitative estimate of drug-likeness (QED) is 0.612. The van der Waals surface area contributed by atoms with Crippen LogP contribution in [0.15, 0.2) is 0 Å². The maximum atomic E-state index is 11.4. The molecule has 0 saturated carbocycles. The molecule has 0 aliphatic rings. The molecular formula is C5H10F3NO. The van der Waals surface area contributed by atoms with Gasteiger partial charge in [0.2, 0.25) is 0 Å². The zero-order valence-corrected chi connectivity index (χ0v) is 5.83. The molecule has 10 heavy (non-hydrogen) atoms. The third-order valence-electron chi connectivity index (χ3n) is 0.608. The minimum Gasteiger partial charge on any atom is -0.352 e. The van der Waals surface area contributed by atoms with Gasteiger partial charge in [0.05, 0.1) is 0 Å². The highest BCUT2D eigenvalue weighted by atomic mass is 19.4. The first-order valence-electron chi connectivity index (χ1n) is 2.70. The Balaban J connectivity index is 3.56. The summed E-state index contributed by atoms with van der Waals surface area (Å²) < 4.78 is 38.5. The van der Waals surface area contributed by atoms with Crippen LogP contribution >= 0.6 is 0 Å². The van der Waals surface area contributed by atoms with Crippen LogP contribution in [0.5, 0.6) is 0 Å². The van der Waals surface area contributed by atoms with E-state index >= 15 is 0 Å². The maximum absolute atomic E-state index is 11.4. The minimum absolute atomic E-state index is 1.21. The fraction of sp³-hybridized carbons (Fsp3) is 1.00. The number of nitrogens with two attached hydrogens (primary N) is 1. The molecule has 0 aromatic heterocycles. The van der Waals surface area contributed by atoms with Crippen LogP contribution in [0, 0.1) is 0 Å². The normalized spacial score (nSPS) is 13.8. The molecule has 0 bridgehead atoms. The van der Waals surface area contributed by atoms with E-state index in [1.165, 1.54) is 13.8 Å². The van der Waals surface area contributed by atoms with Crippen LogP contribution in [0.4, 0.5) is 13.2 Å². The van der Waals surface area contributed by atoms with Crippen LogP contribution in [0.2, 0.25) is 0 Å². The first kappa shape index (κ1) is 9.71. The summed E-state index contributed by atoms with van der Waals surface area (Å²) in [4.78, 5) is 0. The van der Waals surface area contributed by atoms with Gasteiger partial charge in [0.1, 0.15) is 12.3 Å². The van der Waals surface area contributed by atoms with E-state index in [9.17, 15) is 13.2 Å². The predicted octanol–water partition coefficient (Wildman–Crippen LogP) is 1.26. The van der Waals surface area contributed by atoms with Gasteiger partial charge in [-0.3, -0.25) is 0 Å². The Hall–Kier alpha value is -0.290. The van der Waals surface area contributed by atoms with Gasteiger partial charge in [-0.2, -0.15) is 13.2 Å². The summed E-state index contributed by atoms with van der Waals surface area (Å²) in [6.07, 6.45) is -4.30. The lowest BCUT2D eigenvalue weighted by atomic mass is 10.3. The number of alkyl halides is 3. The molecule has 0 fully saturated rings. The zero-order chi connectivity index (χ0) is 8.41. The maximum Gasteiger partial charge on any atom is 0.411 e. The van der Waals surface area contributed by atoms with Gasteiger partial charge in [-0.25, -0.2) is 0 Å². The van der Waals surface area contributed by atoms with Crippen molar-refractivity contribution in [3.05, 3.63) is 0 Å². The van der Waals surface area contributed by atoms with Crippen LogP contribution in [0.3, 0.4) is 0 Å². The minimum atomic E-state index is -4.30. The molecule has 0 aliphatic heterocycles. The van der Waals surface area contributed by atoms with E-state index in [0.29, 0.717) is 0 Å². The first-order chi connectivity index (χ1) is 4.21. The van der Waals surface area contributed by atoms with Gasteiger partial charge in [0.25, 0.3) is 0 Å². The van der Waals surface area contributed by atoms with Gasteiger partial charge in [0, 0.05) is 0 Å². The highest BCUT2D eigenvalue weighted by molar-refractivity contribution is 4.58. The summed E-state index contributed by atoms with van der Waals surface area (Å²) in [5.41, 5.74) is 3.91. The highest BCUT2D eigenvalue weighted by Gasteiger charge is 2.30. The van der Waals surface area contributed by atoms with Crippen molar-refractivity contribution in [3.63, 3.8) is 0 Å². The monoisotopic (exact) mass is 157 g/mol. The van der Waals surface area contributed by atoms with Crippen molar-refractivity contribution in [1.29, 1.82) is 0 Å². The van der Waals surface area contributed by atoms with E-state index in [0.717, 1.165) is 0 Å². The predicted molar refractivity (Wildman–Crippen MR) is 30.3 cm³/mol. The summed E-state index contributed by atoms with van der Waals surface area (Å²) in [6, 6.07) is 0. The number of halogens is 3. The molecule has 0 spiro atoms. The van der Waals surface area contributed by atoms with Gasteiger partial charge < -0.3 is 10.5 Å². The molecule has 0 aromatic rings. The molecule has 0 aliphatic carbocycles. The molecule has 2 nitrogen and oxygen atoms in total. The van der Waals surface area contributed by atoms with E-state index in [1.54, 1.807) is 0 Å². The Morgan fingerprint density at radius 3 is 1.80 bits per heavy atom. The van der Waals surface area contributed by atoms with Crippen LogP contribution < -0.4 is 5.73 Å². The lowest BCUT2D eigenvalue weighted by Gasteiger charge is -2.20. The second-order valence-electron chi connectivity index (χ2n) is 2.51. The third-order valence-corrected chi connectivity index (χ3v) is 0.608. The van der Waals surface area contributed by atoms with E-state index < -0.39 is 18.5 Å². The molecule has 0 unspecified atom stereocenters. The van der Waals surface area contributed by atoms with Gasteiger partial charge in [-0.15, -0.1) is 0 Å². The average Bonchev–Trinajstić information content (AvgIpc) is 1.57. The highest BCUT2D eigenvalue weighted by Crippen LogP contribution is 2.16. The molecule has 5 heteroatoms. The van der Waals surface area contributed by atoms with Crippen LogP contribution in [0.25, 0.3) is 0 Å². The lowest BCUT2D eigenvalue weighted by molar-refractivity contribution is -0.198. The average molecular weight is 157 g/mol. The molecular weight excluding hydrogens is 147 g/mol. The van der Waals surface area contributed by atoms with Crippen LogP contribution in [-0.4, -0.2) is 18.5 Å². The SMILES string of the molecule is CC(C)(N)OCC(F)(F)F. The summed E-state index contributed by atoms with van der Waals surface area (Å²) in [7, 11) is 0. The first-order valence-corrected chi connectivity index (χ1v) is 2.70. The lowest BCUT2D eigenvalue weighted by Crippen LogP contribution is -2.38. The van der Waals surface area contributed by atoms with Crippen molar-refractivity contribution in [3.8, 4) is 0 Å². The van der Waals surface area contributed by atoms with Crippen molar-refractivity contribution in [2.24, 2.45) is 5.73 Å².